The molecule has 0 saturated heterocycles. The monoisotopic (exact) mass is 291 g/mol. The van der Waals surface area contributed by atoms with E-state index in [-0.39, 0.29) is 16.3 Å². The molecule has 1 N–H and O–H groups in total. The first-order valence-electron chi connectivity index (χ1n) is 6.15. The van der Waals surface area contributed by atoms with Crippen LogP contribution in [0.25, 0.3) is 0 Å². The fourth-order valence-electron chi connectivity index (χ4n) is 1.83. The van der Waals surface area contributed by atoms with Crippen LogP contribution >= 0.6 is 23.2 Å². The molecule has 0 aliphatic carbocycles. The van der Waals surface area contributed by atoms with Gasteiger partial charge < -0.3 is 5.32 Å². The molecular formula is C14H20Cl2FN. The molecule has 0 aliphatic rings. The topological polar surface area (TPSA) is 12.0 Å². The molecule has 18 heavy (non-hydrogen) atoms. The zero-order chi connectivity index (χ0) is 13.6. The number of rotatable bonds is 7. The van der Waals surface area contributed by atoms with Crippen LogP contribution in [0.5, 0.6) is 0 Å². The maximum Gasteiger partial charge on any atom is 0.141 e. The van der Waals surface area contributed by atoms with E-state index in [0.29, 0.717) is 12.4 Å². The second-order valence-corrected chi connectivity index (χ2v) is 6.09. The maximum atomic E-state index is 13.0. The highest BCUT2D eigenvalue weighted by atomic mass is 35.5. The predicted octanol–water partition coefficient (Wildman–Crippen LogP) is 4.61. The number of alkyl halides is 1. The van der Waals surface area contributed by atoms with E-state index in [9.17, 15) is 4.39 Å². The van der Waals surface area contributed by atoms with E-state index in [1.165, 1.54) is 6.07 Å². The first kappa shape index (κ1) is 15.7. The Kier molecular flexibility index (Phi) is 6.40. The van der Waals surface area contributed by atoms with Crippen LogP contribution in [0, 0.1) is 11.2 Å². The van der Waals surface area contributed by atoms with Crippen LogP contribution in [0.4, 0.5) is 4.39 Å². The van der Waals surface area contributed by atoms with Crippen molar-refractivity contribution in [3.05, 3.63) is 34.6 Å². The third-order valence-electron chi connectivity index (χ3n) is 2.90. The molecule has 1 aromatic rings. The largest absolute Gasteiger partial charge is 0.312 e. The molecule has 1 rings (SSSR count). The van der Waals surface area contributed by atoms with Crippen LogP contribution in [-0.2, 0) is 6.54 Å². The highest BCUT2D eigenvalue weighted by Crippen LogP contribution is 2.22. The smallest absolute Gasteiger partial charge is 0.141 e. The summed E-state index contributed by atoms with van der Waals surface area (Å²) in [4.78, 5) is 0. The van der Waals surface area contributed by atoms with Crippen molar-refractivity contribution in [3.63, 3.8) is 0 Å². The van der Waals surface area contributed by atoms with Gasteiger partial charge in [-0.1, -0.05) is 31.5 Å². The molecule has 0 heterocycles. The second kappa shape index (κ2) is 7.32. The number of hydrogen-bond acceptors (Lipinski definition) is 1. The van der Waals surface area contributed by atoms with Crippen LogP contribution in [0.2, 0.25) is 5.02 Å². The molecule has 0 bridgehead atoms. The summed E-state index contributed by atoms with van der Waals surface area (Å²) in [6, 6.07) is 4.81. The molecule has 0 atom stereocenters. The number of benzene rings is 1. The Morgan fingerprint density at radius 3 is 2.67 bits per heavy atom. The Morgan fingerprint density at radius 2 is 2.06 bits per heavy atom. The predicted molar refractivity (Wildman–Crippen MR) is 76.9 cm³/mol. The number of hydrogen-bond donors (Lipinski definition) is 1. The van der Waals surface area contributed by atoms with Gasteiger partial charge in [-0.15, -0.1) is 11.6 Å². The van der Waals surface area contributed by atoms with Gasteiger partial charge in [0.05, 0.1) is 5.02 Å². The van der Waals surface area contributed by atoms with Gasteiger partial charge in [0.25, 0.3) is 0 Å². The molecule has 0 aliphatic heterocycles. The van der Waals surface area contributed by atoms with Crippen molar-refractivity contribution < 1.29 is 4.39 Å². The zero-order valence-corrected chi connectivity index (χ0v) is 12.4. The summed E-state index contributed by atoms with van der Waals surface area (Å²) in [5.74, 6) is 0.333. The third-order valence-corrected chi connectivity index (χ3v) is 3.46. The van der Waals surface area contributed by atoms with Crippen LogP contribution in [0.15, 0.2) is 18.2 Å². The van der Waals surface area contributed by atoms with Crippen molar-refractivity contribution in [2.24, 2.45) is 5.41 Å². The van der Waals surface area contributed by atoms with Gasteiger partial charge >= 0.3 is 0 Å². The van der Waals surface area contributed by atoms with Crippen LogP contribution in [-0.4, -0.2) is 12.4 Å². The molecule has 1 aromatic carbocycles. The Labute approximate surface area is 119 Å². The Balaban J connectivity index is 2.39. The SMILES string of the molecule is CC(C)(CCCCl)CNCc1ccc(F)c(Cl)c1. The molecular weight excluding hydrogens is 272 g/mol. The third kappa shape index (κ3) is 5.55. The quantitative estimate of drug-likeness (QED) is 0.723. The van der Waals surface area contributed by atoms with Gasteiger partial charge in [-0.05, 0) is 36.0 Å². The van der Waals surface area contributed by atoms with Gasteiger partial charge in [-0.25, -0.2) is 4.39 Å². The van der Waals surface area contributed by atoms with Crippen LogP contribution < -0.4 is 5.32 Å². The van der Waals surface area contributed by atoms with Gasteiger partial charge in [0.1, 0.15) is 5.82 Å². The molecule has 0 fully saturated rings. The van der Waals surface area contributed by atoms with Crippen molar-refractivity contribution >= 4 is 23.2 Å². The molecule has 0 spiro atoms. The zero-order valence-electron chi connectivity index (χ0n) is 10.9. The minimum absolute atomic E-state index is 0.177. The molecule has 4 heteroatoms. The van der Waals surface area contributed by atoms with E-state index in [1.54, 1.807) is 12.1 Å². The molecule has 0 unspecified atom stereocenters. The molecule has 0 radical (unpaired) electrons. The summed E-state index contributed by atoms with van der Waals surface area (Å²) < 4.78 is 13.0. The Bertz CT molecular complexity index is 380. The Hall–Kier alpha value is -0.310. The van der Waals surface area contributed by atoms with E-state index in [2.05, 4.69) is 19.2 Å². The summed E-state index contributed by atoms with van der Waals surface area (Å²) in [5, 5.41) is 3.55. The lowest BCUT2D eigenvalue weighted by molar-refractivity contribution is 0.311. The lowest BCUT2D eigenvalue weighted by Gasteiger charge is -2.24. The van der Waals surface area contributed by atoms with Crippen LogP contribution in [0.1, 0.15) is 32.3 Å². The lowest BCUT2D eigenvalue weighted by Crippen LogP contribution is -2.29. The summed E-state index contributed by atoms with van der Waals surface area (Å²) in [6.07, 6.45) is 2.12. The van der Waals surface area contributed by atoms with E-state index in [1.807, 2.05) is 0 Å². The molecule has 1 nitrogen and oxygen atoms in total. The summed E-state index contributed by atoms with van der Waals surface area (Å²) in [5.41, 5.74) is 1.22. The molecule has 0 amide bonds. The Morgan fingerprint density at radius 1 is 1.33 bits per heavy atom. The summed E-state index contributed by atoms with van der Waals surface area (Å²) in [7, 11) is 0. The van der Waals surface area contributed by atoms with Gasteiger partial charge in [0.2, 0.25) is 0 Å². The van der Waals surface area contributed by atoms with Gasteiger partial charge in [-0.3, -0.25) is 0 Å². The minimum Gasteiger partial charge on any atom is -0.312 e. The highest BCUT2D eigenvalue weighted by molar-refractivity contribution is 6.30. The van der Waals surface area contributed by atoms with Crippen LogP contribution in [0.3, 0.4) is 0 Å². The van der Waals surface area contributed by atoms with E-state index >= 15 is 0 Å². The van der Waals surface area contributed by atoms with E-state index < -0.39 is 0 Å². The van der Waals surface area contributed by atoms with Crippen molar-refractivity contribution in [1.82, 2.24) is 5.32 Å². The van der Waals surface area contributed by atoms with E-state index in [0.717, 1.165) is 24.9 Å². The average molecular weight is 292 g/mol. The maximum absolute atomic E-state index is 13.0. The van der Waals surface area contributed by atoms with Crippen molar-refractivity contribution in [2.75, 3.05) is 12.4 Å². The van der Waals surface area contributed by atoms with E-state index in [4.69, 9.17) is 23.2 Å². The van der Waals surface area contributed by atoms with Crippen molar-refractivity contribution in [1.29, 1.82) is 0 Å². The van der Waals surface area contributed by atoms with Gasteiger partial charge in [-0.2, -0.15) is 0 Å². The first-order chi connectivity index (χ1) is 8.44. The second-order valence-electron chi connectivity index (χ2n) is 5.31. The van der Waals surface area contributed by atoms with Gasteiger partial charge in [0, 0.05) is 19.0 Å². The first-order valence-corrected chi connectivity index (χ1v) is 7.06. The lowest BCUT2D eigenvalue weighted by atomic mass is 9.88. The van der Waals surface area contributed by atoms with Crippen molar-refractivity contribution in [3.8, 4) is 0 Å². The summed E-state index contributed by atoms with van der Waals surface area (Å²) in [6.45, 7) is 6.03. The fraction of sp³-hybridized carbons (Fsp3) is 0.571. The molecule has 102 valence electrons. The van der Waals surface area contributed by atoms with Gasteiger partial charge in [0.15, 0.2) is 0 Å². The summed E-state index contributed by atoms with van der Waals surface area (Å²) >= 11 is 11.4. The fourth-order valence-corrected chi connectivity index (χ4v) is 2.17. The molecule has 0 saturated carbocycles. The standard InChI is InChI=1S/C14H20Cl2FN/c1-14(2,6-3-7-15)10-18-9-11-4-5-13(17)12(16)8-11/h4-5,8,18H,3,6-7,9-10H2,1-2H3. The normalized spacial score (nSPS) is 11.8. The van der Waals surface area contributed by atoms with Crippen molar-refractivity contribution in [2.45, 2.75) is 33.2 Å². The number of nitrogens with one attached hydrogen (secondary N) is 1. The highest BCUT2D eigenvalue weighted by Gasteiger charge is 2.16. The average Bonchev–Trinajstić information content (AvgIpc) is 2.31. The number of halogens is 3. The molecule has 0 aromatic heterocycles. The minimum atomic E-state index is -0.372.